The van der Waals surface area contributed by atoms with E-state index in [1.807, 2.05) is 0 Å². The number of benzene rings is 1. The third-order valence-corrected chi connectivity index (χ3v) is 6.30. The van der Waals surface area contributed by atoms with Gasteiger partial charge in [-0.25, -0.2) is 0 Å². The first-order valence-electron chi connectivity index (χ1n) is 10.8. The lowest BCUT2D eigenvalue weighted by atomic mass is 9.83. The highest BCUT2D eigenvalue weighted by molar-refractivity contribution is 6.12. The maximum Gasteiger partial charge on any atom is 0.170 e. The van der Waals surface area contributed by atoms with Crippen LogP contribution in [0, 0.1) is 11.8 Å². The van der Waals surface area contributed by atoms with Crippen molar-refractivity contribution in [2.24, 2.45) is 11.8 Å². The summed E-state index contributed by atoms with van der Waals surface area (Å²) in [6.07, 6.45) is 9.92. The second-order valence-electron chi connectivity index (χ2n) is 8.38. The average Bonchev–Trinajstić information content (AvgIpc) is 2.75. The summed E-state index contributed by atoms with van der Waals surface area (Å²) < 4.78 is 0. The zero-order valence-corrected chi connectivity index (χ0v) is 16.6. The van der Waals surface area contributed by atoms with Gasteiger partial charge in [0.05, 0.1) is 12.8 Å². The van der Waals surface area contributed by atoms with Crippen LogP contribution >= 0.6 is 0 Å². The number of ketones is 4. The standard InChI is InChI=1S/C24H30O4/c25-21(17-8-3-1-4-9-17)15-23(27)19-12-7-13-20(14-19)24(28)16-22(26)18-10-5-2-6-11-18/h7,12-14,17-18H,1-6,8-11,15-16H2. The predicted octanol–water partition coefficient (Wildman–Crippen LogP) is 5.13. The first-order chi connectivity index (χ1) is 13.5. The van der Waals surface area contributed by atoms with Crippen LogP contribution in [-0.2, 0) is 9.59 Å². The van der Waals surface area contributed by atoms with Crippen molar-refractivity contribution < 1.29 is 19.2 Å². The van der Waals surface area contributed by atoms with Gasteiger partial charge in [0.25, 0.3) is 0 Å². The van der Waals surface area contributed by atoms with Crippen LogP contribution in [0.1, 0.15) is 97.8 Å². The lowest BCUT2D eigenvalue weighted by Gasteiger charge is -2.20. The highest BCUT2D eigenvalue weighted by Crippen LogP contribution is 2.27. The van der Waals surface area contributed by atoms with Crippen LogP contribution in [0.5, 0.6) is 0 Å². The second kappa shape index (κ2) is 9.90. The zero-order valence-electron chi connectivity index (χ0n) is 16.6. The van der Waals surface area contributed by atoms with E-state index in [0.29, 0.717) is 11.1 Å². The van der Waals surface area contributed by atoms with Crippen LogP contribution < -0.4 is 0 Å². The van der Waals surface area contributed by atoms with E-state index in [1.54, 1.807) is 24.3 Å². The van der Waals surface area contributed by atoms with Crippen LogP contribution in [0.3, 0.4) is 0 Å². The van der Waals surface area contributed by atoms with Gasteiger partial charge in [-0.2, -0.15) is 0 Å². The molecule has 2 saturated carbocycles. The van der Waals surface area contributed by atoms with Gasteiger partial charge < -0.3 is 0 Å². The van der Waals surface area contributed by atoms with Gasteiger partial charge in [-0.05, 0) is 31.7 Å². The van der Waals surface area contributed by atoms with Crippen LogP contribution in [0.25, 0.3) is 0 Å². The molecule has 4 heteroatoms. The van der Waals surface area contributed by atoms with E-state index in [-0.39, 0.29) is 47.8 Å². The number of carbonyl (C=O) groups excluding carboxylic acids is 4. The Morgan fingerprint density at radius 2 is 1.04 bits per heavy atom. The molecule has 1 aromatic carbocycles. The molecule has 2 aliphatic carbocycles. The zero-order chi connectivity index (χ0) is 19.9. The van der Waals surface area contributed by atoms with E-state index in [9.17, 15) is 19.2 Å². The van der Waals surface area contributed by atoms with Gasteiger partial charge in [-0.15, -0.1) is 0 Å². The number of carbonyl (C=O) groups is 4. The monoisotopic (exact) mass is 382 g/mol. The summed E-state index contributed by atoms with van der Waals surface area (Å²) in [5, 5.41) is 0. The summed E-state index contributed by atoms with van der Waals surface area (Å²) in [6.45, 7) is 0. The van der Waals surface area contributed by atoms with Gasteiger partial charge in [0.1, 0.15) is 11.6 Å². The van der Waals surface area contributed by atoms with E-state index in [1.165, 1.54) is 12.8 Å². The van der Waals surface area contributed by atoms with Crippen molar-refractivity contribution in [3.05, 3.63) is 35.4 Å². The SMILES string of the molecule is O=C(CC(=O)C1CCCCC1)c1cccc(C(=O)CC(=O)C2CCCCC2)c1. The molecule has 0 amide bonds. The van der Waals surface area contributed by atoms with E-state index >= 15 is 0 Å². The molecule has 1 aromatic rings. The van der Waals surface area contributed by atoms with Crippen molar-refractivity contribution >= 4 is 23.1 Å². The first-order valence-corrected chi connectivity index (χ1v) is 10.8. The minimum Gasteiger partial charge on any atom is -0.299 e. The third kappa shape index (κ3) is 5.46. The molecule has 0 aliphatic heterocycles. The van der Waals surface area contributed by atoms with Crippen LogP contribution in [0.15, 0.2) is 24.3 Å². The van der Waals surface area contributed by atoms with Crippen molar-refractivity contribution in [2.45, 2.75) is 77.0 Å². The largest absolute Gasteiger partial charge is 0.299 e. The molecule has 0 bridgehead atoms. The van der Waals surface area contributed by atoms with E-state index in [2.05, 4.69) is 0 Å². The lowest BCUT2D eigenvalue weighted by Crippen LogP contribution is -2.21. The Kier molecular flexibility index (Phi) is 7.30. The van der Waals surface area contributed by atoms with Crippen LogP contribution in [-0.4, -0.2) is 23.1 Å². The fourth-order valence-electron chi connectivity index (χ4n) is 4.52. The summed E-state index contributed by atoms with van der Waals surface area (Å²) in [6, 6.07) is 6.51. The normalized spacial score (nSPS) is 18.6. The fourth-order valence-corrected chi connectivity index (χ4v) is 4.52. The van der Waals surface area contributed by atoms with Crippen molar-refractivity contribution in [3.8, 4) is 0 Å². The Labute approximate surface area is 167 Å². The smallest absolute Gasteiger partial charge is 0.170 e. The quantitative estimate of drug-likeness (QED) is 0.462. The molecule has 0 N–H and O–H groups in total. The van der Waals surface area contributed by atoms with Gasteiger partial charge in [0.15, 0.2) is 11.6 Å². The highest BCUT2D eigenvalue weighted by Gasteiger charge is 2.25. The number of Topliss-reactive ketones (excluding diaryl/α,β-unsaturated/α-hetero) is 4. The Morgan fingerprint density at radius 3 is 1.43 bits per heavy atom. The second-order valence-corrected chi connectivity index (χ2v) is 8.38. The van der Waals surface area contributed by atoms with Gasteiger partial charge in [0.2, 0.25) is 0 Å². The Morgan fingerprint density at radius 1 is 0.643 bits per heavy atom. The molecule has 4 nitrogen and oxygen atoms in total. The molecule has 0 saturated heterocycles. The molecule has 0 heterocycles. The van der Waals surface area contributed by atoms with Gasteiger partial charge >= 0.3 is 0 Å². The molecule has 2 aliphatic rings. The van der Waals surface area contributed by atoms with Crippen molar-refractivity contribution in [2.75, 3.05) is 0 Å². The molecule has 150 valence electrons. The molecular weight excluding hydrogens is 352 g/mol. The topological polar surface area (TPSA) is 68.3 Å². The molecular formula is C24H30O4. The lowest BCUT2D eigenvalue weighted by molar-refractivity contribution is -0.123. The molecule has 3 rings (SSSR count). The van der Waals surface area contributed by atoms with Crippen LogP contribution in [0.4, 0.5) is 0 Å². The van der Waals surface area contributed by atoms with E-state index < -0.39 is 0 Å². The Hall–Kier alpha value is -2.10. The van der Waals surface area contributed by atoms with Crippen molar-refractivity contribution in [1.29, 1.82) is 0 Å². The minimum absolute atomic E-state index is 0.00984. The molecule has 0 spiro atoms. The summed E-state index contributed by atoms with van der Waals surface area (Å²) >= 11 is 0. The predicted molar refractivity (Wildman–Crippen MR) is 108 cm³/mol. The summed E-state index contributed by atoms with van der Waals surface area (Å²) in [5.74, 6) is -0.401. The molecule has 28 heavy (non-hydrogen) atoms. The summed E-state index contributed by atoms with van der Waals surface area (Å²) in [4.78, 5) is 49.9. The minimum atomic E-state index is -0.233. The summed E-state index contributed by atoms with van der Waals surface area (Å²) in [5.41, 5.74) is 0.778. The molecule has 0 aromatic heterocycles. The van der Waals surface area contributed by atoms with Gasteiger partial charge in [-0.1, -0.05) is 56.7 Å². The number of rotatable bonds is 8. The molecule has 2 fully saturated rings. The van der Waals surface area contributed by atoms with Gasteiger partial charge in [-0.3, -0.25) is 19.2 Å². The van der Waals surface area contributed by atoms with Crippen molar-refractivity contribution in [3.63, 3.8) is 0 Å². The van der Waals surface area contributed by atoms with E-state index in [4.69, 9.17) is 0 Å². The first kappa shape index (κ1) is 20.6. The number of hydrogen-bond acceptors (Lipinski definition) is 4. The van der Waals surface area contributed by atoms with E-state index in [0.717, 1.165) is 51.4 Å². The summed E-state index contributed by atoms with van der Waals surface area (Å²) in [7, 11) is 0. The highest BCUT2D eigenvalue weighted by atomic mass is 16.2. The average molecular weight is 383 g/mol. The van der Waals surface area contributed by atoms with Crippen molar-refractivity contribution in [1.82, 2.24) is 0 Å². The van der Waals surface area contributed by atoms with Gasteiger partial charge in [0, 0.05) is 23.0 Å². The van der Waals surface area contributed by atoms with Crippen LogP contribution in [0.2, 0.25) is 0 Å². The Bertz CT molecular complexity index is 677. The third-order valence-electron chi connectivity index (χ3n) is 6.30. The molecule has 0 unspecified atom stereocenters. The molecule has 0 radical (unpaired) electrons. The Balaban J connectivity index is 1.59. The maximum absolute atomic E-state index is 12.5. The fraction of sp³-hybridized carbons (Fsp3) is 0.583. The maximum atomic E-state index is 12.5. The molecule has 0 atom stereocenters. The number of hydrogen-bond donors (Lipinski definition) is 0.